The Bertz CT molecular complexity index is 1370. The van der Waals surface area contributed by atoms with Crippen LogP contribution in [0.4, 0.5) is 5.82 Å². The fourth-order valence-electron chi connectivity index (χ4n) is 4.77. The van der Waals surface area contributed by atoms with Crippen molar-refractivity contribution in [3.8, 4) is 5.95 Å². The molecule has 1 unspecified atom stereocenters. The van der Waals surface area contributed by atoms with Gasteiger partial charge >= 0.3 is 5.97 Å². The molecule has 4 aromatic rings. The highest BCUT2D eigenvalue weighted by atomic mass is 16.6. The Morgan fingerprint density at radius 3 is 2.60 bits per heavy atom. The average molecular weight is 469 g/mol. The monoisotopic (exact) mass is 468 g/mol. The molecule has 0 amide bonds. The van der Waals surface area contributed by atoms with Gasteiger partial charge in [-0.1, -0.05) is 48.5 Å². The summed E-state index contributed by atoms with van der Waals surface area (Å²) >= 11 is 0. The molecule has 1 N–H and O–H groups in total. The SMILES string of the molecule is Cc1cc2ccccc2n1-c1nc2c(c(NCc3ccccc3)n1)CC(C(=O)OC(C)(C)C)CC2. The van der Waals surface area contributed by atoms with Crippen LogP contribution in [0.5, 0.6) is 0 Å². The molecule has 0 saturated carbocycles. The first-order chi connectivity index (χ1) is 16.8. The molecule has 5 rings (SSSR count). The van der Waals surface area contributed by atoms with E-state index in [0.29, 0.717) is 25.3 Å². The van der Waals surface area contributed by atoms with Crippen LogP contribution in [0, 0.1) is 12.8 Å². The molecule has 35 heavy (non-hydrogen) atoms. The van der Waals surface area contributed by atoms with Crippen LogP contribution in [-0.4, -0.2) is 26.1 Å². The zero-order chi connectivity index (χ0) is 24.6. The van der Waals surface area contributed by atoms with Crippen LogP contribution in [0.2, 0.25) is 0 Å². The molecule has 2 aromatic heterocycles. The molecule has 1 atom stereocenters. The fourth-order valence-corrected chi connectivity index (χ4v) is 4.77. The first-order valence-corrected chi connectivity index (χ1v) is 12.3. The van der Waals surface area contributed by atoms with Crippen LogP contribution in [-0.2, 0) is 28.9 Å². The van der Waals surface area contributed by atoms with Crippen molar-refractivity contribution >= 4 is 22.7 Å². The number of carbonyl (C=O) groups excluding carboxylic acids is 1. The Morgan fingerprint density at radius 2 is 1.83 bits per heavy atom. The van der Waals surface area contributed by atoms with E-state index < -0.39 is 5.60 Å². The maximum atomic E-state index is 12.9. The second-order valence-corrected chi connectivity index (χ2v) is 10.3. The van der Waals surface area contributed by atoms with E-state index in [1.165, 1.54) is 5.56 Å². The predicted octanol–water partition coefficient (Wildman–Crippen LogP) is 5.79. The summed E-state index contributed by atoms with van der Waals surface area (Å²) in [5.41, 5.74) is 4.86. The summed E-state index contributed by atoms with van der Waals surface area (Å²) < 4.78 is 7.82. The smallest absolute Gasteiger partial charge is 0.309 e. The van der Waals surface area contributed by atoms with Crippen LogP contribution in [0.3, 0.4) is 0 Å². The number of nitrogens with one attached hydrogen (secondary N) is 1. The first kappa shape index (κ1) is 23.1. The normalized spacial score (nSPS) is 15.6. The second-order valence-electron chi connectivity index (χ2n) is 10.3. The highest BCUT2D eigenvalue weighted by Crippen LogP contribution is 2.33. The second kappa shape index (κ2) is 9.17. The highest BCUT2D eigenvalue weighted by Gasteiger charge is 2.32. The van der Waals surface area contributed by atoms with E-state index in [1.807, 2.05) is 51.1 Å². The average Bonchev–Trinajstić information content (AvgIpc) is 3.17. The lowest BCUT2D eigenvalue weighted by molar-refractivity contribution is -0.160. The molecule has 0 aliphatic heterocycles. The van der Waals surface area contributed by atoms with Gasteiger partial charge in [0.05, 0.1) is 17.1 Å². The lowest BCUT2D eigenvalue weighted by Crippen LogP contribution is -2.32. The summed E-state index contributed by atoms with van der Waals surface area (Å²) in [4.78, 5) is 22.9. The highest BCUT2D eigenvalue weighted by molar-refractivity contribution is 5.82. The van der Waals surface area contributed by atoms with Crippen molar-refractivity contribution in [1.29, 1.82) is 0 Å². The quantitative estimate of drug-likeness (QED) is 0.376. The summed E-state index contributed by atoms with van der Waals surface area (Å²) in [6, 6.07) is 20.7. The van der Waals surface area contributed by atoms with E-state index in [2.05, 4.69) is 47.1 Å². The summed E-state index contributed by atoms with van der Waals surface area (Å²) in [6.45, 7) is 8.46. The van der Waals surface area contributed by atoms with Gasteiger partial charge in [0.1, 0.15) is 11.4 Å². The van der Waals surface area contributed by atoms with E-state index in [0.717, 1.165) is 40.1 Å². The molecule has 1 aliphatic rings. The van der Waals surface area contributed by atoms with Gasteiger partial charge in [0, 0.05) is 23.2 Å². The molecule has 0 fully saturated rings. The Balaban J connectivity index is 1.54. The van der Waals surface area contributed by atoms with Crippen molar-refractivity contribution in [3.63, 3.8) is 0 Å². The molecule has 1 aliphatic carbocycles. The number of benzene rings is 2. The van der Waals surface area contributed by atoms with Crippen LogP contribution in [0.25, 0.3) is 16.9 Å². The molecule has 0 radical (unpaired) electrons. The number of para-hydroxylation sites is 1. The number of nitrogens with zero attached hydrogens (tertiary/aromatic N) is 3. The Labute approximate surface area is 206 Å². The number of fused-ring (bicyclic) bond motifs is 2. The number of carbonyl (C=O) groups is 1. The number of aromatic nitrogens is 3. The van der Waals surface area contributed by atoms with Gasteiger partial charge in [-0.05, 0) is 64.7 Å². The van der Waals surface area contributed by atoms with Crippen molar-refractivity contribution in [2.24, 2.45) is 5.92 Å². The zero-order valence-electron chi connectivity index (χ0n) is 20.8. The van der Waals surface area contributed by atoms with Gasteiger partial charge in [0.2, 0.25) is 5.95 Å². The minimum Gasteiger partial charge on any atom is -0.460 e. The van der Waals surface area contributed by atoms with Gasteiger partial charge in [-0.3, -0.25) is 9.36 Å². The van der Waals surface area contributed by atoms with Crippen molar-refractivity contribution in [3.05, 3.63) is 83.2 Å². The third-order valence-corrected chi connectivity index (χ3v) is 6.40. The van der Waals surface area contributed by atoms with Crippen molar-refractivity contribution in [1.82, 2.24) is 14.5 Å². The van der Waals surface area contributed by atoms with Gasteiger partial charge in [-0.25, -0.2) is 4.98 Å². The summed E-state index contributed by atoms with van der Waals surface area (Å²) in [7, 11) is 0. The number of rotatable bonds is 5. The van der Waals surface area contributed by atoms with E-state index in [9.17, 15) is 4.79 Å². The fraction of sp³-hybridized carbons (Fsp3) is 0.345. The molecule has 6 nitrogen and oxygen atoms in total. The van der Waals surface area contributed by atoms with E-state index in [4.69, 9.17) is 14.7 Å². The molecule has 2 aromatic carbocycles. The van der Waals surface area contributed by atoms with Crippen LogP contribution >= 0.6 is 0 Å². The van der Waals surface area contributed by atoms with Crippen molar-refractivity contribution < 1.29 is 9.53 Å². The van der Waals surface area contributed by atoms with Gasteiger partial charge < -0.3 is 10.1 Å². The van der Waals surface area contributed by atoms with Gasteiger partial charge in [-0.15, -0.1) is 0 Å². The minimum absolute atomic E-state index is 0.145. The third-order valence-electron chi connectivity index (χ3n) is 6.40. The van der Waals surface area contributed by atoms with Crippen LogP contribution in [0.15, 0.2) is 60.7 Å². The third kappa shape index (κ3) is 4.92. The minimum atomic E-state index is -0.501. The molecule has 0 saturated heterocycles. The summed E-state index contributed by atoms with van der Waals surface area (Å²) in [6.07, 6.45) is 2.02. The van der Waals surface area contributed by atoms with Crippen LogP contribution in [0.1, 0.15) is 49.7 Å². The standard InChI is InChI=1S/C29H32N4O2/c1-19-16-21-12-8-9-13-25(21)33(19)28-31-24-15-14-22(27(34)35-29(2,3)4)17-23(24)26(32-28)30-18-20-10-6-5-7-11-20/h5-13,16,22H,14-15,17-18H2,1-4H3,(H,30,31,32). The largest absolute Gasteiger partial charge is 0.460 e. The number of aryl methyl sites for hydroxylation is 2. The Morgan fingerprint density at radius 1 is 1.09 bits per heavy atom. The summed E-state index contributed by atoms with van der Waals surface area (Å²) in [5, 5.41) is 4.71. The number of anilines is 1. The van der Waals surface area contributed by atoms with Gasteiger partial charge in [0.15, 0.2) is 0 Å². The van der Waals surface area contributed by atoms with Gasteiger partial charge in [-0.2, -0.15) is 4.98 Å². The molecule has 6 heteroatoms. The molecular formula is C29H32N4O2. The van der Waals surface area contributed by atoms with Gasteiger partial charge in [0.25, 0.3) is 0 Å². The van der Waals surface area contributed by atoms with E-state index in [-0.39, 0.29) is 11.9 Å². The topological polar surface area (TPSA) is 69.0 Å². The maximum Gasteiger partial charge on any atom is 0.309 e. The van der Waals surface area contributed by atoms with E-state index >= 15 is 0 Å². The molecule has 0 spiro atoms. The lowest BCUT2D eigenvalue weighted by Gasteiger charge is -2.28. The Hall–Kier alpha value is -3.67. The van der Waals surface area contributed by atoms with Crippen molar-refractivity contribution in [2.45, 2.75) is 59.1 Å². The summed E-state index contributed by atoms with van der Waals surface area (Å²) in [5.74, 6) is 1.11. The predicted molar refractivity (Wildman–Crippen MR) is 139 cm³/mol. The molecular weight excluding hydrogens is 436 g/mol. The zero-order valence-corrected chi connectivity index (χ0v) is 20.8. The lowest BCUT2D eigenvalue weighted by atomic mass is 9.86. The van der Waals surface area contributed by atoms with Crippen molar-refractivity contribution in [2.75, 3.05) is 5.32 Å². The number of hydrogen-bond donors (Lipinski definition) is 1. The molecule has 180 valence electrons. The first-order valence-electron chi connectivity index (χ1n) is 12.3. The maximum absolute atomic E-state index is 12.9. The Kier molecular flexibility index (Phi) is 6.05. The number of esters is 1. The van der Waals surface area contributed by atoms with Crippen LogP contribution < -0.4 is 5.32 Å². The number of hydrogen-bond acceptors (Lipinski definition) is 5. The van der Waals surface area contributed by atoms with E-state index in [1.54, 1.807) is 0 Å². The molecule has 0 bridgehead atoms. The number of ether oxygens (including phenoxy) is 1. The molecule has 2 heterocycles.